The van der Waals surface area contributed by atoms with E-state index in [1.807, 2.05) is 0 Å². The van der Waals surface area contributed by atoms with Gasteiger partial charge in [0.2, 0.25) is 5.78 Å². The molecule has 3 rings (SSSR count). The van der Waals surface area contributed by atoms with E-state index in [0.29, 0.717) is 17.2 Å². The molecule has 9 heteroatoms. The number of esters is 1. The van der Waals surface area contributed by atoms with Gasteiger partial charge < -0.3 is 18.7 Å². The van der Waals surface area contributed by atoms with Crippen LogP contribution in [0, 0.1) is 25.5 Å². The molecule has 0 N–H and O–H groups in total. The minimum Gasteiger partial charge on any atom is -0.493 e. The number of rotatable bonds is 8. The fraction of sp³-hybridized carbons (Fsp3) is 0.227. The first kappa shape index (κ1) is 21.9. The fourth-order valence-electron chi connectivity index (χ4n) is 2.78. The van der Waals surface area contributed by atoms with Crippen molar-refractivity contribution in [1.29, 1.82) is 0 Å². The summed E-state index contributed by atoms with van der Waals surface area (Å²) in [6, 6.07) is 6.80. The molecule has 0 aliphatic carbocycles. The Labute approximate surface area is 176 Å². The van der Waals surface area contributed by atoms with Crippen molar-refractivity contribution >= 4 is 11.8 Å². The molecule has 162 valence electrons. The van der Waals surface area contributed by atoms with E-state index in [4.69, 9.17) is 18.7 Å². The second-order valence-corrected chi connectivity index (χ2v) is 6.58. The molecule has 1 aromatic heterocycles. The van der Waals surface area contributed by atoms with Crippen molar-refractivity contribution in [2.75, 3.05) is 13.7 Å². The lowest BCUT2D eigenvalue weighted by molar-refractivity contribution is 0.0473. The number of carbonyl (C=O) groups excluding carboxylic acids is 2. The van der Waals surface area contributed by atoms with Gasteiger partial charge in [-0.05, 0) is 50.2 Å². The zero-order valence-corrected chi connectivity index (χ0v) is 17.0. The van der Waals surface area contributed by atoms with E-state index in [1.165, 1.54) is 25.3 Å². The molecule has 0 spiro atoms. The Morgan fingerprint density at radius 1 is 1.06 bits per heavy atom. The molecule has 3 aromatic rings. The Bertz CT molecular complexity index is 1110. The molecule has 0 amide bonds. The zero-order valence-electron chi connectivity index (χ0n) is 17.0. The highest BCUT2D eigenvalue weighted by molar-refractivity contribution is 5.99. The van der Waals surface area contributed by atoms with Crippen LogP contribution in [-0.4, -0.2) is 30.6 Å². The molecule has 0 fully saturated rings. The van der Waals surface area contributed by atoms with Crippen LogP contribution >= 0.6 is 0 Å². The zero-order chi connectivity index (χ0) is 22.5. The summed E-state index contributed by atoms with van der Waals surface area (Å²) in [5, 5.41) is 3.86. The second-order valence-electron chi connectivity index (χ2n) is 6.58. The number of nitrogens with zero attached hydrogens (tertiary/aromatic N) is 1. The maximum absolute atomic E-state index is 13.7. The number of methoxy groups -OCH3 is 1. The maximum Gasteiger partial charge on any atom is 0.338 e. The number of Topliss-reactive ketones (excluding diaryl/α,β-unsaturated/α-hetero) is 1. The quantitative estimate of drug-likeness (QED) is 0.390. The van der Waals surface area contributed by atoms with Crippen LogP contribution in [0.4, 0.5) is 8.78 Å². The van der Waals surface area contributed by atoms with Crippen molar-refractivity contribution in [1.82, 2.24) is 5.16 Å². The van der Waals surface area contributed by atoms with Crippen molar-refractivity contribution < 1.29 is 37.1 Å². The van der Waals surface area contributed by atoms with Crippen LogP contribution in [0.3, 0.4) is 0 Å². The van der Waals surface area contributed by atoms with Crippen molar-refractivity contribution in [2.24, 2.45) is 0 Å². The van der Waals surface area contributed by atoms with Crippen molar-refractivity contribution in [3.63, 3.8) is 0 Å². The Balaban J connectivity index is 1.66. The number of aryl methyl sites for hydroxylation is 2. The molecule has 7 nitrogen and oxygen atoms in total. The molecular formula is C22H19F2NO6. The number of ketones is 1. The summed E-state index contributed by atoms with van der Waals surface area (Å²) in [6.45, 7) is 3.01. The molecule has 0 saturated carbocycles. The predicted molar refractivity (Wildman–Crippen MR) is 104 cm³/mol. The lowest BCUT2D eigenvalue weighted by atomic mass is 10.1. The van der Waals surface area contributed by atoms with Gasteiger partial charge in [0.15, 0.2) is 18.1 Å². The maximum atomic E-state index is 13.7. The third-order valence-electron chi connectivity index (χ3n) is 4.52. The van der Waals surface area contributed by atoms with E-state index in [-0.39, 0.29) is 17.9 Å². The number of hydrogen-bond acceptors (Lipinski definition) is 7. The van der Waals surface area contributed by atoms with E-state index >= 15 is 0 Å². The number of aromatic nitrogens is 1. The van der Waals surface area contributed by atoms with Gasteiger partial charge in [-0.25, -0.2) is 13.6 Å². The summed E-state index contributed by atoms with van der Waals surface area (Å²) in [5.74, 6) is -2.09. The predicted octanol–water partition coefficient (Wildman–Crippen LogP) is 4.20. The number of hydrogen-bond donors (Lipinski definition) is 0. The largest absolute Gasteiger partial charge is 0.493 e. The highest BCUT2D eigenvalue weighted by atomic mass is 19.1. The second kappa shape index (κ2) is 9.38. The Kier molecular flexibility index (Phi) is 6.64. The van der Waals surface area contributed by atoms with Crippen molar-refractivity contribution in [2.45, 2.75) is 20.5 Å². The summed E-state index contributed by atoms with van der Waals surface area (Å²) < 4.78 is 47.9. The average Bonchev–Trinajstić information content (AvgIpc) is 3.09. The highest BCUT2D eigenvalue weighted by Crippen LogP contribution is 2.30. The summed E-state index contributed by atoms with van der Waals surface area (Å²) in [6.07, 6.45) is 0. The van der Waals surface area contributed by atoms with Crippen molar-refractivity contribution in [3.05, 3.63) is 76.2 Å². The van der Waals surface area contributed by atoms with Crippen LogP contribution in [0.15, 0.2) is 40.9 Å². The lowest BCUT2D eigenvalue weighted by Gasteiger charge is -2.12. The SMILES string of the molecule is COc1cc(C(=O)OCC(=O)c2cc(F)ccc2F)ccc1OCc1c(C)noc1C. The van der Waals surface area contributed by atoms with Crippen LogP contribution in [0.2, 0.25) is 0 Å². The van der Waals surface area contributed by atoms with Gasteiger partial charge in [0.05, 0.1) is 29.5 Å². The fourth-order valence-corrected chi connectivity index (χ4v) is 2.78. The van der Waals surface area contributed by atoms with Crippen LogP contribution in [0.5, 0.6) is 11.5 Å². The van der Waals surface area contributed by atoms with E-state index in [2.05, 4.69) is 5.16 Å². The first-order valence-corrected chi connectivity index (χ1v) is 9.18. The van der Waals surface area contributed by atoms with Gasteiger partial charge in [-0.3, -0.25) is 4.79 Å². The van der Waals surface area contributed by atoms with Crippen LogP contribution in [-0.2, 0) is 11.3 Å². The monoisotopic (exact) mass is 431 g/mol. The van der Waals surface area contributed by atoms with Crippen LogP contribution in [0.1, 0.15) is 37.7 Å². The minimum atomic E-state index is -0.899. The van der Waals surface area contributed by atoms with E-state index in [9.17, 15) is 18.4 Å². The van der Waals surface area contributed by atoms with Crippen LogP contribution < -0.4 is 9.47 Å². The molecule has 0 radical (unpaired) electrons. The van der Waals surface area contributed by atoms with E-state index in [1.54, 1.807) is 13.8 Å². The standard InChI is InChI=1S/C22H19F2NO6/c1-12-17(13(2)31-25-12)10-29-20-7-4-14(8-21(20)28-3)22(27)30-11-19(26)16-9-15(23)5-6-18(16)24/h4-9H,10-11H2,1-3H3. The molecule has 0 aliphatic rings. The normalized spacial score (nSPS) is 10.6. The van der Waals surface area contributed by atoms with Gasteiger partial charge in [-0.15, -0.1) is 0 Å². The average molecular weight is 431 g/mol. The lowest BCUT2D eigenvalue weighted by Crippen LogP contribution is -2.15. The topological polar surface area (TPSA) is 87.9 Å². The number of halogens is 2. The molecule has 0 unspecified atom stereocenters. The summed E-state index contributed by atoms with van der Waals surface area (Å²) in [7, 11) is 1.41. The van der Waals surface area contributed by atoms with Gasteiger partial charge >= 0.3 is 5.97 Å². The molecule has 0 atom stereocenters. The van der Waals surface area contributed by atoms with E-state index in [0.717, 1.165) is 23.8 Å². The number of benzene rings is 2. The minimum absolute atomic E-state index is 0.0917. The first-order chi connectivity index (χ1) is 14.8. The summed E-state index contributed by atoms with van der Waals surface area (Å²) in [5.41, 5.74) is 1.10. The summed E-state index contributed by atoms with van der Waals surface area (Å²) >= 11 is 0. The third-order valence-corrected chi connectivity index (χ3v) is 4.52. The third kappa shape index (κ3) is 5.06. The molecule has 2 aromatic carbocycles. The van der Waals surface area contributed by atoms with Crippen molar-refractivity contribution in [3.8, 4) is 11.5 Å². The van der Waals surface area contributed by atoms with E-state index < -0.39 is 35.6 Å². The molecule has 0 bridgehead atoms. The number of carbonyl (C=O) groups is 2. The highest BCUT2D eigenvalue weighted by Gasteiger charge is 2.18. The molecule has 31 heavy (non-hydrogen) atoms. The van der Waals surface area contributed by atoms with Gasteiger partial charge in [-0.1, -0.05) is 5.16 Å². The molecular weight excluding hydrogens is 412 g/mol. The van der Waals surface area contributed by atoms with Gasteiger partial charge in [0.25, 0.3) is 0 Å². The first-order valence-electron chi connectivity index (χ1n) is 9.18. The smallest absolute Gasteiger partial charge is 0.338 e. The van der Waals surface area contributed by atoms with Gasteiger partial charge in [-0.2, -0.15) is 0 Å². The van der Waals surface area contributed by atoms with Gasteiger partial charge in [0.1, 0.15) is 24.0 Å². The number of ether oxygens (including phenoxy) is 3. The Morgan fingerprint density at radius 3 is 2.52 bits per heavy atom. The molecule has 0 saturated heterocycles. The Hall–Kier alpha value is -3.75. The molecule has 0 aliphatic heterocycles. The van der Waals surface area contributed by atoms with Crippen LogP contribution in [0.25, 0.3) is 0 Å². The van der Waals surface area contributed by atoms with Gasteiger partial charge in [0, 0.05) is 0 Å². The molecule has 1 heterocycles. The Morgan fingerprint density at radius 2 is 1.84 bits per heavy atom. The summed E-state index contributed by atoms with van der Waals surface area (Å²) in [4.78, 5) is 24.3.